The maximum atomic E-state index is 13.0. The van der Waals surface area contributed by atoms with Gasteiger partial charge in [-0.1, -0.05) is 35.9 Å². The Morgan fingerprint density at radius 3 is 2.58 bits per heavy atom. The summed E-state index contributed by atoms with van der Waals surface area (Å²) < 4.78 is 0. The number of non-ortho nitro benzene ring substituents is 1. The molecule has 1 heterocycles. The number of carboxylic acids is 1. The van der Waals surface area contributed by atoms with E-state index < -0.39 is 28.2 Å². The van der Waals surface area contributed by atoms with E-state index in [1.807, 2.05) is 0 Å². The Morgan fingerprint density at radius 2 is 1.92 bits per heavy atom. The van der Waals surface area contributed by atoms with Crippen LogP contribution in [0.2, 0.25) is 5.02 Å². The molecule has 0 aromatic heterocycles. The zero-order valence-corrected chi connectivity index (χ0v) is 14.8. The molecule has 9 heteroatoms. The van der Waals surface area contributed by atoms with Crippen molar-refractivity contribution in [2.75, 3.05) is 5.75 Å². The third-order valence-corrected chi connectivity index (χ3v) is 5.63. The van der Waals surface area contributed by atoms with E-state index in [2.05, 4.69) is 0 Å². The molecule has 1 amide bonds. The number of carbonyl (C=O) groups is 2. The Labute approximate surface area is 157 Å². The first-order chi connectivity index (χ1) is 12.4. The number of aliphatic carboxylic acids is 1. The van der Waals surface area contributed by atoms with Gasteiger partial charge in [0.15, 0.2) is 0 Å². The van der Waals surface area contributed by atoms with Gasteiger partial charge in [0, 0.05) is 34.0 Å². The molecule has 0 aliphatic carbocycles. The van der Waals surface area contributed by atoms with Gasteiger partial charge in [0.1, 0.15) is 5.37 Å². The standard InChI is InChI=1S/C17H13ClN2O5S/c18-13-7-2-1-6-12(13)16-19(14(9-26-16)17(22)23)15(21)10-4-3-5-11(8-10)20(24)25/h1-8,14,16H,9H2,(H,22,23)/p-1/t14-,16+/m1/s1. The molecule has 0 spiro atoms. The van der Waals surface area contributed by atoms with Crippen LogP contribution in [0.5, 0.6) is 0 Å². The van der Waals surface area contributed by atoms with Crippen LogP contribution in [-0.2, 0) is 4.79 Å². The summed E-state index contributed by atoms with van der Waals surface area (Å²) in [4.78, 5) is 36.0. The molecular formula is C17H12ClN2O5S-. The molecule has 1 aliphatic heterocycles. The van der Waals surface area contributed by atoms with Crippen molar-refractivity contribution in [2.24, 2.45) is 0 Å². The average molecular weight is 392 g/mol. The molecule has 1 saturated heterocycles. The Kier molecular flexibility index (Phi) is 5.15. The molecule has 0 N–H and O–H groups in total. The highest BCUT2D eigenvalue weighted by molar-refractivity contribution is 7.99. The van der Waals surface area contributed by atoms with Crippen LogP contribution in [0.4, 0.5) is 5.69 Å². The van der Waals surface area contributed by atoms with Crippen molar-refractivity contribution in [1.29, 1.82) is 0 Å². The monoisotopic (exact) mass is 391 g/mol. The minimum absolute atomic E-state index is 0.0324. The molecule has 0 bridgehead atoms. The molecule has 1 fully saturated rings. The van der Waals surface area contributed by atoms with Gasteiger partial charge in [-0.15, -0.1) is 11.8 Å². The van der Waals surface area contributed by atoms with Crippen LogP contribution in [0, 0.1) is 10.1 Å². The zero-order chi connectivity index (χ0) is 18.8. The first kappa shape index (κ1) is 18.2. The van der Waals surface area contributed by atoms with E-state index in [1.54, 1.807) is 24.3 Å². The molecule has 3 rings (SSSR count). The summed E-state index contributed by atoms with van der Waals surface area (Å²) in [6, 6.07) is 10.9. The number of carbonyl (C=O) groups excluding carboxylic acids is 2. The normalized spacial score (nSPS) is 19.3. The Morgan fingerprint density at radius 1 is 1.19 bits per heavy atom. The van der Waals surface area contributed by atoms with Crippen molar-refractivity contribution in [3.05, 3.63) is 74.8 Å². The van der Waals surface area contributed by atoms with Crippen molar-refractivity contribution < 1.29 is 19.6 Å². The number of hydrogen-bond acceptors (Lipinski definition) is 6. The number of rotatable bonds is 4. The highest BCUT2D eigenvalue weighted by atomic mass is 35.5. The fourth-order valence-corrected chi connectivity index (χ4v) is 4.51. The van der Waals surface area contributed by atoms with Gasteiger partial charge >= 0.3 is 0 Å². The van der Waals surface area contributed by atoms with Crippen molar-refractivity contribution in [2.45, 2.75) is 11.4 Å². The summed E-state index contributed by atoms with van der Waals surface area (Å²) in [5.41, 5.74) is 0.383. The lowest BCUT2D eigenvalue weighted by Crippen LogP contribution is -2.49. The van der Waals surface area contributed by atoms with Gasteiger partial charge in [0.2, 0.25) is 0 Å². The van der Waals surface area contributed by atoms with E-state index in [9.17, 15) is 24.8 Å². The van der Waals surface area contributed by atoms with E-state index in [4.69, 9.17) is 11.6 Å². The quantitative estimate of drug-likeness (QED) is 0.585. The average Bonchev–Trinajstić information content (AvgIpc) is 3.06. The molecule has 1 aliphatic rings. The number of nitro benzene ring substituents is 1. The van der Waals surface area contributed by atoms with Crippen LogP contribution in [0.15, 0.2) is 48.5 Å². The lowest BCUT2D eigenvalue weighted by atomic mass is 10.1. The fourth-order valence-electron chi connectivity index (χ4n) is 2.75. The smallest absolute Gasteiger partial charge is 0.270 e. The lowest BCUT2D eigenvalue weighted by molar-refractivity contribution is -0.384. The minimum Gasteiger partial charge on any atom is -0.548 e. The van der Waals surface area contributed by atoms with Crippen LogP contribution in [0.1, 0.15) is 21.3 Å². The van der Waals surface area contributed by atoms with Crippen LogP contribution in [0.25, 0.3) is 0 Å². The van der Waals surface area contributed by atoms with Gasteiger partial charge < -0.3 is 14.8 Å². The summed E-state index contributed by atoms with van der Waals surface area (Å²) in [6.07, 6.45) is 0. The largest absolute Gasteiger partial charge is 0.548 e. The number of benzene rings is 2. The zero-order valence-electron chi connectivity index (χ0n) is 13.2. The summed E-state index contributed by atoms with van der Waals surface area (Å²) in [5, 5.41) is 22.3. The van der Waals surface area contributed by atoms with Crippen LogP contribution in [-0.4, -0.2) is 33.5 Å². The van der Waals surface area contributed by atoms with E-state index >= 15 is 0 Å². The second-order valence-corrected chi connectivity index (χ2v) is 7.08. The van der Waals surface area contributed by atoms with E-state index in [0.717, 1.165) is 6.07 Å². The van der Waals surface area contributed by atoms with Crippen molar-refractivity contribution in [3.63, 3.8) is 0 Å². The number of amides is 1. The molecule has 134 valence electrons. The van der Waals surface area contributed by atoms with Crippen LogP contribution >= 0.6 is 23.4 Å². The van der Waals surface area contributed by atoms with Gasteiger partial charge in [-0.3, -0.25) is 14.9 Å². The number of nitrogens with zero attached hydrogens (tertiary/aromatic N) is 2. The topological polar surface area (TPSA) is 104 Å². The van der Waals surface area contributed by atoms with Crippen molar-refractivity contribution in [3.8, 4) is 0 Å². The van der Waals surface area contributed by atoms with Crippen LogP contribution in [0.3, 0.4) is 0 Å². The summed E-state index contributed by atoms with van der Waals surface area (Å²) in [7, 11) is 0. The molecule has 0 radical (unpaired) electrons. The number of hydrogen-bond donors (Lipinski definition) is 0. The van der Waals surface area contributed by atoms with Gasteiger partial charge in [-0.2, -0.15) is 0 Å². The highest BCUT2D eigenvalue weighted by Gasteiger charge is 2.40. The van der Waals surface area contributed by atoms with Gasteiger partial charge in [0.05, 0.1) is 16.9 Å². The number of nitro groups is 1. The minimum atomic E-state index is -1.38. The van der Waals surface area contributed by atoms with E-state index in [1.165, 1.54) is 34.9 Å². The second-order valence-electron chi connectivity index (χ2n) is 5.56. The molecule has 2 aromatic carbocycles. The molecule has 2 atom stereocenters. The van der Waals surface area contributed by atoms with Crippen molar-refractivity contribution >= 4 is 40.9 Å². The lowest BCUT2D eigenvalue weighted by Gasteiger charge is -2.30. The highest BCUT2D eigenvalue weighted by Crippen LogP contribution is 2.44. The molecule has 26 heavy (non-hydrogen) atoms. The molecule has 2 aromatic rings. The second kappa shape index (κ2) is 7.35. The molecule has 0 unspecified atom stereocenters. The van der Waals surface area contributed by atoms with Crippen molar-refractivity contribution in [1.82, 2.24) is 4.90 Å². The summed E-state index contributed by atoms with van der Waals surface area (Å²) in [6.45, 7) is 0. The predicted octanol–water partition coefficient (Wildman–Crippen LogP) is 2.25. The fraction of sp³-hybridized carbons (Fsp3) is 0.176. The number of halogens is 1. The third kappa shape index (κ3) is 3.38. The first-order valence-corrected chi connectivity index (χ1v) is 8.97. The van der Waals surface area contributed by atoms with E-state index in [0.29, 0.717) is 10.6 Å². The molecular weight excluding hydrogens is 380 g/mol. The number of carboxylic acid groups (broad SMARTS) is 1. The number of thioether (sulfide) groups is 1. The molecule has 7 nitrogen and oxygen atoms in total. The van der Waals surface area contributed by atoms with Gasteiger partial charge in [-0.05, 0) is 12.1 Å². The Balaban J connectivity index is 2.03. The van der Waals surface area contributed by atoms with Crippen LogP contribution < -0.4 is 5.11 Å². The van der Waals surface area contributed by atoms with Gasteiger partial charge in [-0.25, -0.2) is 0 Å². The Bertz CT molecular complexity index is 891. The third-order valence-electron chi connectivity index (χ3n) is 3.98. The molecule has 0 saturated carbocycles. The Hall–Kier alpha value is -2.58. The SMILES string of the molecule is O=C([O-])[C@H]1CS[C@@H](c2ccccc2Cl)N1C(=O)c1cccc([N+](=O)[O-])c1. The maximum Gasteiger partial charge on any atom is 0.270 e. The summed E-state index contributed by atoms with van der Waals surface area (Å²) >= 11 is 7.46. The predicted molar refractivity (Wildman–Crippen MR) is 94.7 cm³/mol. The first-order valence-electron chi connectivity index (χ1n) is 7.54. The van der Waals surface area contributed by atoms with Gasteiger partial charge in [0.25, 0.3) is 11.6 Å². The maximum absolute atomic E-state index is 13.0. The summed E-state index contributed by atoms with van der Waals surface area (Å²) in [5.74, 6) is -1.87. The van der Waals surface area contributed by atoms with E-state index in [-0.39, 0.29) is 17.0 Å².